The first-order valence-electron chi connectivity index (χ1n) is 16.1. The van der Waals surface area contributed by atoms with Crippen molar-refractivity contribution in [3.05, 3.63) is 182 Å². The molecule has 0 spiro atoms. The lowest BCUT2D eigenvalue weighted by Gasteiger charge is -2.20. The van der Waals surface area contributed by atoms with Crippen LogP contribution in [0.3, 0.4) is 0 Å². The Morgan fingerprint density at radius 2 is 0.830 bits per heavy atom. The Bertz CT molecular complexity index is 2570. The van der Waals surface area contributed by atoms with Crippen molar-refractivity contribution < 1.29 is 4.74 Å². The second-order valence-electron chi connectivity index (χ2n) is 12.1. The highest BCUT2D eigenvalue weighted by atomic mass is 16.5. The van der Waals surface area contributed by atoms with Gasteiger partial charge in [0.2, 0.25) is 0 Å². The molecule has 0 aliphatic heterocycles. The van der Waals surface area contributed by atoms with E-state index in [-0.39, 0.29) is 0 Å². The largest absolute Gasteiger partial charge is 0.457 e. The third-order valence-electron chi connectivity index (χ3n) is 9.29. The maximum Gasteiger partial charge on any atom is 0.135 e. The summed E-state index contributed by atoms with van der Waals surface area (Å²) in [5, 5.41) is 9.59. The maximum absolute atomic E-state index is 6.67. The third-order valence-corrected chi connectivity index (χ3v) is 9.29. The van der Waals surface area contributed by atoms with Crippen LogP contribution in [0.4, 0.5) is 0 Å². The molecule has 0 saturated heterocycles. The molecule has 0 aromatic heterocycles. The molecule has 0 aliphatic carbocycles. The minimum absolute atomic E-state index is 0.816. The highest BCUT2D eigenvalue weighted by Gasteiger charge is 2.19. The standard InChI is InChI=1S/C46H30O/c1-3-15-33(16-4-1)45-42-29-35(38-23-11-19-31-13-7-9-21-37(31)38)25-27-40(42)41-28-26-36(30-43(41)46(45)34-17-5-2-6-18-34)47-44-24-12-20-32-14-8-10-22-39(32)44/h1-30H. The number of hydrogen-bond acceptors (Lipinski definition) is 1. The lowest BCUT2D eigenvalue weighted by molar-refractivity contribution is 0.489. The summed E-state index contributed by atoms with van der Waals surface area (Å²) in [5.74, 6) is 1.67. The number of rotatable bonds is 5. The fourth-order valence-electron chi connectivity index (χ4n) is 7.15. The zero-order valence-corrected chi connectivity index (χ0v) is 25.7. The topological polar surface area (TPSA) is 9.23 Å². The second kappa shape index (κ2) is 11.3. The van der Waals surface area contributed by atoms with Gasteiger partial charge in [0.25, 0.3) is 0 Å². The lowest BCUT2D eigenvalue weighted by atomic mass is 9.84. The van der Waals surface area contributed by atoms with Gasteiger partial charge in [0.05, 0.1) is 0 Å². The van der Waals surface area contributed by atoms with Crippen molar-refractivity contribution in [1.29, 1.82) is 0 Å². The summed E-state index contributed by atoms with van der Waals surface area (Å²) >= 11 is 0. The third kappa shape index (κ3) is 4.72. The van der Waals surface area contributed by atoms with E-state index in [0.717, 1.165) is 22.3 Å². The van der Waals surface area contributed by atoms with Crippen molar-refractivity contribution in [2.24, 2.45) is 0 Å². The van der Waals surface area contributed by atoms with Crippen LogP contribution in [-0.4, -0.2) is 0 Å². The molecular weight excluding hydrogens is 569 g/mol. The van der Waals surface area contributed by atoms with Crippen molar-refractivity contribution in [3.63, 3.8) is 0 Å². The molecular formula is C46H30O. The first kappa shape index (κ1) is 27.2. The molecule has 9 aromatic carbocycles. The van der Waals surface area contributed by atoms with Crippen LogP contribution in [0.25, 0.3) is 76.5 Å². The summed E-state index contributed by atoms with van der Waals surface area (Å²) in [5.41, 5.74) is 7.25. The lowest BCUT2D eigenvalue weighted by Crippen LogP contribution is -1.94. The number of ether oxygens (including phenoxy) is 1. The highest BCUT2D eigenvalue weighted by Crippen LogP contribution is 2.47. The van der Waals surface area contributed by atoms with E-state index in [0.29, 0.717) is 0 Å². The van der Waals surface area contributed by atoms with Gasteiger partial charge in [-0.3, -0.25) is 0 Å². The van der Waals surface area contributed by atoms with Gasteiger partial charge < -0.3 is 4.74 Å². The first-order valence-corrected chi connectivity index (χ1v) is 16.1. The Kier molecular flexibility index (Phi) is 6.54. The van der Waals surface area contributed by atoms with Crippen LogP contribution < -0.4 is 4.74 Å². The first-order chi connectivity index (χ1) is 23.3. The van der Waals surface area contributed by atoms with Crippen LogP contribution in [0, 0.1) is 0 Å². The number of benzene rings is 9. The van der Waals surface area contributed by atoms with Gasteiger partial charge in [-0.2, -0.15) is 0 Å². The molecule has 47 heavy (non-hydrogen) atoms. The Morgan fingerprint density at radius 1 is 0.298 bits per heavy atom. The Labute approximate surface area is 273 Å². The molecule has 0 amide bonds. The van der Waals surface area contributed by atoms with E-state index in [4.69, 9.17) is 4.74 Å². The Balaban J connectivity index is 1.35. The number of fused-ring (bicyclic) bond motifs is 5. The number of hydrogen-bond donors (Lipinski definition) is 0. The SMILES string of the molecule is c1ccc(-c2c(-c3ccccc3)c3cc(-c4cccc5ccccc45)ccc3c3ccc(Oc4cccc5ccccc45)cc23)cc1. The molecule has 0 saturated carbocycles. The molecule has 0 fully saturated rings. The summed E-state index contributed by atoms with van der Waals surface area (Å²) in [6, 6.07) is 65.0. The van der Waals surface area contributed by atoms with Gasteiger partial charge in [0.15, 0.2) is 0 Å². The minimum atomic E-state index is 0.816. The van der Waals surface area contributed by atoms with E-state index in [2.05, 4.69) is 182 Å². The highest BCUT2D eigenvalue weighted by molar-refractivity contribution is 6.22. The fourth-order valence-corrected chi connectivity index (χ4v) is 7.15. The molecule has 9 rings (SSSR count). The summed E-state index contributed by atoms with van der Waals surface area (Å²) in [6.45, 7) is 0. The summed E-state index contributed by atoms with van der Waals surface area (Å²) in [7, 11) is 0. The molecule has 0 N–H and O–H groups in total. The minimum Gasteiger partial charge on any atom is -0.457 e. The zero-order valence-electron chi connectivity index (χ0n) is 25.7. The van der Waals surface area contributed by atoms with E-state index in [9.17, 15) is 0 Å². The van der Waals surface area contributed by atoms with E-state index < -0.39 is 0 Å². The van der Waals surface area contributed by atoms with Crippen LogP contribution in [-0.2, 0) is 0 Å². The van der Waals surface area contributed by atoms with Crippen LogP contribution in [0.15, 0.2) is 182 Å². The molecule has 1 heteroatoms. The predicted octanol–water partition coefficient (Wildman–Crippen LogP) is 13.1. The average Bonchev–Trinajstić information content (AvgIpc) is 3.14. The van der Waals surface area contributed by atoms with Gasteiger partial charge >= 0.3 is 0 Å². The van der Waals surface area contributed by atoms with Gasteiger partial charge in [-0.1, -0.05) is 158 Å². The molecule has 9 aromatic rings. The second-order valence-corrected chi connectivity index (χ2v) is 12.1. The van der Waals surface area contributed by atoms with Crippen molar-refractivity contribution in [1.82, 2.24) is 0 Å². The van der Waals surface area contributed by atoms with Crippen molar-refractivity contribution in [3.8, 4) is 44.9 Å². The predicted molar refractivity (Wildman–Crippen MR) is 199 cm³/mol. The molecule has 1 nitrogen and oxygen atoms in total. The van der Waals surface area contributed by atoms with Crippen molar-refractivity contribution >= 4 is 43.1 Å². The van der Waals surface area contributed by atoms with E-state index in [1.807, 2.05) is 0 Å². The fraction of sp³-hybridized carbons (Fsp3) is 0. The van der Waals surface area contributed by atoms with Gasteiger partial charge in [0.1, 0.15) is 11.5 Å². The normalized spacial score (nSPS) is 11.4. The van der Waals surface area contributed by atoms with Crippen LogP contribution in [0.5, 0.6) is 11.5 Å². The molecule has 0 bridgehead atoms. The monoisotopic (exact) mass is 598 g/mol. The Morgan fingerprint density at radius 3 is 1.53 bits per heavy atom. The molecule has 0 unspecified atom stereocenters. The van der Waals surface area contributed by atoms with Crippen LogP contribution in [0.2, 0.25) is 0 Å². The average molecular weight is 599 g/mol. The van der Waals surface area contributed by atoms with E-state index >= 15 is 0 Å². The van der Waals surface area contributed by atoms with Crippen LogP contribution >= 0.6 is 0 Å². The van der Waals surface area contributed by atoms with Crippen LogP contribution in [0.1, 0.15) is 0 Å². The van der Waals surface area contributed by atoms with Gasteiger partial charge in [-0.25, -0.2) is 0 Å². The van der Waals surface area contributed by atoms with Gasteiger partial charge in [-0.15, -0.1) is 0 Å². The van der Waals surface area contributed by atoms with Gasteiger partial charge in [0, 0.05) is 5.39 Å². The van der Waals surface area contributed by atoms with E-state index in [1.165, 1.54) is 65.7 Å². The quantitative estimate of drug-likeness (QED) is 0.179. The van der Waals surface area contributed by atoms with E-state index in [1.54, 1.807) is 0 Å². The smallest absolute Gasteiger partial charge is 0.135 e. The molecule has 0 aliphatic rings. The molecule has 0 heterocycles. The molecule has 0 atom stereocenters. The van der Waals surface area contributed by atoms with Gasteiger partial charge in [-0.05, 0) is 95.3 Å². The summed E-state index contributed by atoms with van der Waals surface area (Å²) in [4.78, 5) is 0. The summed E-state index contributed by atoms with van der Waals surface area (Å²) < 4.78 is 6.67. The molecule has 220 valence electrons. The van der Waals surface area contributed by atoms with Crippen molar-refractivity contribution in [2.75, 3.05) is 0 Å². The van der Waals surface area contributed by atoms with Crippen molar-refractivity contribution in [2.45, 2.75) is 0 Å². The summed E-state index contributed by atoms with van der Waals surface area (Å²) in [6.07, 6.45) is 0. The molecule has 0 radical (unpaired) electrons. The maximum atomic E-state index is 6.67. The zero-order chi connectivity index (χ0) is 31.2. The Hall–Kier alpha value is -6.18.